The second-order valence-electron chi connectivity index (χ2n) is 8.16. The lowest BCUT2D eigenvalue weighted by Gasteiger charge is -2.35. The summed E-state index contributed by atoms with van der Waals surface area (Å²) in [6, 6.07) is 5.36. The quantitative estimate of drug-likeness (QED) is 0.607. The van der Waals surface area contributed by atoms with Crippen molar-refractivity contribution in [1.29, 1.82) is 0 Å². The van der Waals surface area contributed by atoms with Crippen LogP contribution in [0.1, 0.15) is 35.8 Å². The lowest BCUT2D eigenvalue weighted by Crippen LogP contribution is -2.48. The Morgan fingerprint density at radius 1 is 1.29 bits per heavy atom. The molecule has 0 radical (unpaired) electrons. The lowest BCUT2D eigenvalue weighted by atomic mass is 10.2. The number of rotatable bonds is 9. The first-order valence-electron chi connectivity index (χ1n) is 10.6. The Kier molecular flexibility index (Phi) is 8.45. The Bertz CT molecular complexity index is 865. The molecule has 2 N–H and O–H groups in total. The first-order chi connectivity index (χ1) is 14.8. The van der Waals surface area contributed by atoms with Crippen molar-refractivity contribution in [3.05, 3.63) is 46.6 Å². The van der Waals surface area contributed by atoms with Gasteiger partial charge < -0.3 is 19.6 Å². The number of anilines is 1. The van der Waals surface area contributed by atoms with Crippen molar-refractivity contribution in [3.63, 3.8) is 0 Å². The van der Waals surface area contributed by atoms with Gasteiger partial charge in [0, 0.05) is 43.4 Å². The number of oxazole rings is 1. The zero-order valence-electron chi connectivity index (χ0n) is 18.3. The first kappa shape index (κ1) is 23.7. The highest BCUT2D eigenvalue weighted by Gasteiger charge is 2.21. The van der Waals surface area contributed by atoms with Gasteiger partial charge in [-0.15, -0.1) is 0 Å². The molecule has 9 heteroatoms. The maximum absolute atomic E-state index is 12.4. The normalized spacial score (nSPS) is 16.6. The van der Waals surface area contributed by atoms with Crippen LogP contribution >= 0.6 is 11.6 Å². The van der Waals surface area contributed by atoms with E-state index in [1.807, 2.05) is 26.8 Å². The first-order valence-corrected chi connectivity index (χ1v) is 10.9. The van der Waals surface area contributed by atoms with Crippen LogP contribution in [0, 0.1) is 6.92 Å². The van der Waals surface area contributed by atoms with Crippen LogP contribution < -0.4 is 5.32 Å². The summed E-state index contributed by atoms with van der Waals surface area (Å²) in [5.74, 6) is 0.170. The third-order valence-corrected chi connectivity index (χ3v) is 5.54. The molecular formula is C22H31ClN4O4. The highest BCUT2D eigenvalue weighted by atomic mass is 35.5. The van der Waals surface area contributed by atoms with Gasteiger partial charge >= 0.3 is 0 Å². The van der Waals surface area contributed by atoms with Crippen LogP contribution in [0.25, 0.3) is 0 Å². The van der Waals surface area contributed by atoms with E-state index in [1.165, 1.54) is 6.26 Å². The van der Waals surface area contributed by atoms with Gasteiger partial charge in [0.1, 0.15) is 6.26 Å². The zero-order chi connectivity index (χ0) is 22.4. The number of ether oxygens (including phenoxy) is 1. The molecule has 0 bridgehead atoms. The van der Waals surface area contributed by atoms with Gasteiger partial charge in [-0.3, -0.25) is 14.6 Å². The fraction of sp³-hybridized carbons (Fsp3) is 0.545. The molecule has 1 aliphatic rings. The van der Waals surface area contributed by atoms with E-state index < -0.39 is 6.10 Å². The van der Waals surface area contributed by atoms with Crippen LogP contribution in [-0.2, 0) is 11.3 Å². The molecule has 1 aromatic heterocycles. The molecule has 3 rings (SSSR count). The molecule has 1 aromatic carbocycles. The molecule has 0 aliphatic carbocycles. The van der Waals surface area contributed by atoms with Gasteiger partial charge in [0.15, 0.2) is 5.69 Å². The summed E-state index contributed by atoms with van der Waals surface area (Å²) in [5, 5.41) is 13.5. The molecule has 1 fully saturated rings. The van der Waals surface area contributed by atoms with Crippen LogP contribution in [0.2, 0.25) is 5.02 Å². The van der Waals surface area contributed by atoms with E-state index in [0.717, 1.165) is 31.7 Å². The third kappa shape index (κ3) is 7.29. The Morgan fingerprint density at radius 3 is 2.68 bits per heavy atom. The molecule has 2 heterocycles. The minimum Gasteiger partial charge on any atom is -0.447 e. The Morgan fingerprint density at radius 2 is 2.00 bits per heavy atom. The van der Waals surface area contributed by atoms with Crippen molar-refractivity contribution in [3.8, 4) is 0 Å². The van der Waals surface area contributed by atoms with Crippen LogP contribution in [0.15, 0.2) is 28.9 Å². The topological polar surface area (TPSA) is 91.1 Å². The Labute approximate surface area is 188 Å². The number of nitrogens with one attached hydrogen (secondary N) is 1. The van der Waals surface area contributed by atoms with E-state index in [-0.39, 0.29) is 17.7 Å². The molecule has 2 aromatic rings. The minimum absolute atomic E-state index is 0.119. The van der Waals surface area contributed by atoms with E-state index in [2.05, 4.69) is 20.1 Å². The van der Waals surface area contributed by atoms with E-state index >= 15 is 0 Å². The number of amides is 1. The molecule has 31 heavy (non-hydrogen) atoms. The van der Waals surface area contributed by atoms with Crippen LogP contribution in [0.3, 0.4) is 0 Å². The summed E-state index contributed by atoms with van der Waals surface area (Å²) < 4.78 is 11.0. The number of piperazine rings is 1. The zero-order valence-corrected chi connectivity index (χ0v) is 19.1. The van der Waals surface area contributed by atoms with Crippen molar-refractivity contribution in [2.24, 2.45) is 0 Å². The van der Waals surface area contributed by atoms with Gasteiger partial charge in [0.05, 0.1) is 25.4 Å². The fourth-order valence-electron chi connectivity index (χ4n) is 3.33. The smallest absolute Gasteiger partial charge is 0.277 e. The van der Waals surface area contributed by atoms with E-state index in [1.54, 1.807) is 12.1 Å². The average molecular weight is 451 g/mol. The lowest BCUT2D eigenvalue weighted by molar-refractivity contribution is -0.0151. The number of hydrogen-bond donors (Lipinski definition) is 2. The second kappa shape index (κ2) is 11.1. The van der Waals surface area contributed by atoms with E-state index in [0.29, 0.717) is 36.3 Å². The predicted molar refractivity (Wildman–Crippen MR) is 119 cm³/mol. The van der Waals surface area contributed by atoms with Crippen LogP contribution in [0.4, 0.5) is 5.69 Å². The molecule has 0 saturated carbocycles. The highest BCUT2D eigenvalue weighted by Crippen LogP contribution is 2.20. The number of aromatic nitrogens is 1. The summed E-state index contributed by atoms with van der Waals surface area (Å²) in [6.45, 7) is 10.7. The van der Waals surface area contributed by atoms with Crippen LogP contribution in [0.5, 0.6) is 0 Å². The van der Waals surface area contributed by atoms with Crippen molar-refractivity contribution in [1.82, 2.24) is 14.8 Å². The molecule has 1 aliphatic heterocycles. The molecule has 1 atom stereocenters. The van der Waals surface area contributed by atoms with Gasteiger partial charge in [-0.2, -0.15) is 0 Å². The van der Waals surface area contributed by atoms with Crippen molar-refractivity contribution in [2.45, 2.75) is 39.5 Å². The average Bonchev–Trinajstić information content (AvgIpc) is 3.19. The standard InChI is InChI=1S/C22H31ClN4O4/c1-15(2)30-13-18(28)11-26-6-8-27(9-7-26)12-21-25-20(14-31-21)22(29)24-17-5-4-16(3)19(23)10-17/h4-5,10,14-15,18,28H,6-9,11-13H2,1-3H3,(H,24,29)/t18-/m0/s1. The maximum atomic E-state index is 12.4. The van der Waals surface area contributed by atoms with Crippen molar-refractivity contribution in [2.75, 3.05) is 44.6 Å². The number of hydrogen-bond acceptors (Lipinski definition) is 7. The maximum Gasteiger partial charge on any atom is 0.277 e. The number of carbonyl (C=O) groups is 1. The van der Waals surface area contributed by atoms with Gasteiger partial charge in [-0.05, 0) is 38.5 Å². The minimum atomic E-state index is -0.481. The number of carbonyl (C=O) groups excluding carboxylic acids is 1. The molecule has 0 spiro atoms. The number of aliphatic hydroxyl groups excluding tert-OH is 1. The number of halogens is 1. The van der Waals surface area contributed by atoms with Crippen molar-refractivity contribution < 1.29 is 19.1 Å². The summed E-state index contributed by atoms with van der Waals surface area (Å²) in [5.41, 5.74) is 1.79. The Balaban J connectivity index is 1.44. The Hall–Kier alpha value is -1.97. The molecule has 0 unspecified atom stereocenters. The van der Waals surface area contributed by atoms with Gasteiger partial charge in [-0.25, -0.2) is 4.98 Å². The summed E-state index contributed by atoms with van der Waals surface area (Å²) in [7, 11) is 0. The van der Waals surface area contributed by atoms with Crippen molar-refractivity contribution >= 4 is 23.2 Å². The number of β-amino-alcohol motifs (C(OH)–C–C–N with tert-alkyl or cyclic N) is 1. The number of aliphatic hydroxyl groups is 1. The number of aryl methyl sites for hydroxylation is 1. The third-order valence-electron chi connectivity index (χ3n) is 5.13. The molecule has 1 amide bonds. The summed E-state index contributed by atoms with van der Waals surface area (Å²) in [6.07, 6.45) is 1.01. The van der Waals surface area contributed by atoms with Gasteiger partial charge in [-0.1, -0.05) is 17.7 Å². The van der Waals surface area contributed by atoms with Crippen LogP contribution in [-0.4, -0.2) is 77.3 Å². The van der Waals surface area contributed by atoms with Gasteiger partial charge in [0.25, 0.3) is 5.91 Å². The van der Waals surface area contributed by atoms with Gasteiger partial charge in [0.2, 0.25) is 5.89 Å². The number of benzene rings is 1. The second-order valence-corrected chi connectivity index (χ2v) is 8.56. The summed E-state index contributed by atoms with van der Waals surface area (Å²) in [4.78, 5) is 21.2. The SMILES string of the molecule is Cc1ccc(NC(=O)c2coc(CN3CCN(C[C@H](O)COC(C)C)CC3)n2)cc1Cl. The highest BCUT2D eigenvalue weighted by molar-refractivity contribution is 6.31. The molecule has 1 saturated heterocycles. The predicted octanol–water partition coefficient (Wildman–Crippen LogP) is 2.79. The molecule has 170 valence electrons. The fourth-order valence-corrected chi connectivity index (χ4v) is 3.51. The van der Waals surface area contributed by atoms with E-state index in [9.17, 15) is 9.90 Å². The molecule has 8 nitrogen and oxygen atoms in total. The largest absolute Gasteiger partial charge is 0.447 e. The van der Waals surface area contributed by atoms with E-state index in [4.69, 9.17) is 20.8 Å². The summed E-state index contributed by atoms with van der Waals surface area (Å²) >= 11 is 6.11. The molecular weight excluding hydrogens is 420 g/mol. The monoisotopic (exact) mass is 450 g/mol. The number of nitrogens with zero attached hydrogens (tertiary/aromatic N) is 3.